The van der Waals surface area contributed by atoms with Crippen molar-refractivity contribution < 1.29 is 4.79 Å². The molecular formula is C26H37N9O2. The van der Waals surface area contributed by atoms with Crippen LogP contribution in [0.4, 0.5) is 17.3 Å². The van der Waals surface area contributed by atoms with Crippen molar-refractivity contribution in [2.45, 2.75) is 58.2 Å². The van der Waals surface area contributed by atoms with E-state index in [0.29, 0.717) is 11.3 Å². The summed E-state index contributed by atoms with van der Waals surface area (Å²) in [4.78, 5) is 27.8. The number of nitrogens with one attached hydrogen (secondary N) is 1. The summed E-state index contributed by atoms with van der Waals surface area (Å²) in [7, 11) is 3.81. The molecule has 0 unspecified atom stereocenters. The van der Waals surface area contributed by atoms with Gasteiger partial charge in [0.05, 0.1) is 17.8 Å². The molecule has 0 aliphatic carbocycles. The maximum atomic E-state index is 12.5. The van der Waals surface area contributed by atoms with Gasteiger partial charge in [0, 0.05) is 63.8 Å². The number of fused-ring (bicyclic) bond motifs is 2. The third-order valence-electron chi connectivity index (χ3n) is 7.33. The van der Waals surface area contributed by atoms with Crippen LogP contribution in [0.3, 0.4) is 0 Å². The van der Waals surface area contributed by atoms with Crippen molar-refractivity contribution in [2.75, 3.05) is 36.9 Å². The molecule has 11 nitrogen and oxygen atoms in total. The molecule has 1 fully saturated rings. The van der Waals surface area contributed by atoms with E-state index in [1.807, 2.05) is 29.1 Å². The molecule has 0 atom stereocenters. The predicted octanol–water partition coefficient (Wildman–Crippen LogP) is 2.08. The second-order valence-corrected chi connectivity index (χ2v) is 10.2. The van der Waals surface area contributed by atoms with Gasteiger partial charge in [-0.05, 0) is 51.6 Å². The Morgan fingerprint density at radius 3 is 2.46 bits per heavy atom. The van der Waals surface area contributed by atoms with Crippen LogP contribution in [0.2, 0.25) is 0 Å². The van der Waals surface area contributed by atoms with E-state index in [0.717, 1.165) is 57.3 Å². The van der Waals surface area contributed by atoms with Gasteiger partial charge in [-0.3, -0.25) is 19.2 Å². The van der Waals surface area contributed by atoms with Crippen molar-refractivity contribution >= 4 is 23.2 Å². The molecule has 0 spiro atoms. The summed E-state index contributed by atoms with van der Waals surface area (Å²) in [5.74, 6) is 1.25. The smallest absolute Gasteiger partial charge is 0.290 e. The summed E-state index contributed by atoms with van der Waals surface area (Å²) in [6, 6.07) is 5.79. The minimum Gasteiger partial charge on any atom is -0.366 e. The van der Waals surface area contributed by atoms with E-state index in [4.69, 9.17) is 5.73 Å². The van der Waals surface area contributed by atoms with Gasteiger partial charge in [0.25, 0.3) is 5.56 Å². The molecule has 0 bridgehead atoms. The standard InChI is InChI=1S/C17H25N7O.C9H12N2O/c1-21-8-9-24-13(12-21)10-15(19-24)18-14-11-16(20-22(2)17(14)25)23-6-4-3-5-7-23;10-9(12)7-5-8-3-1-2-4-11(8)6-7/h10-11H,3-9,12H2,1-2H3,(H,18,19);5-6H,1-4H2,(H2,10,12). The number of anilines is 3. The molecule has 198 valence electrons. The molecule has 3 aliphatic rings. The molecule has 6 rings (SSSR count). The number of carbonyl (C=O) groups is 1. The van der Waals surface area contributed by atoms with Gasteiger partial charge in [-0.2, -0.15) is 10.2 Å². The fourth-order valence-electron chi connectivity index (χ4n) is 5.25. The van der Waals surface area contributed by atoms with Crippen LogP contribution in [0, 0.1) is 0 Å². The topological polar surface area (TPSA) is 119 Å². The zero-order valence-corrected chi connectivity index (χ0v) is 21.8. The first-order chi connectivity index (χ1) is 17.9. The van der Waals surface area contributed by atoms with E-state index in [2.05, 4.69) is 36.9 Å². The second kappa shape index (κ2) is 10.8. The molecule has 37 heavy (non-hydrogen) atoms. The highest BCUT2D eigenvalue weighted by molar-refractivity contribution is 5.92. The number of aromatic nitrogens is 5. The largest absolute Gasteiger partial charge is 0.366 e. The maximum Gasteiger partial charge on any atom is 0.290 e. The van der Waals surface area contributed by atoms with E-state index >= 15 is 0 Å². The van der Waals surface area contributed by atoms with Gasteiger partial charge in [-0.1, -0.05) is 0 Å². The molecule has 3 aromatic heterocycles. The highest BCUT2D eigenvalue weighted by Gasteiger charge is 2.19. The Labute approximate surface area is 216 Å². The number of piperidine rings is 1. The fourth-order valence-corrected chi connectivity index (χ4v) is 5.25. The number of primary amides is 1. The van der Waals surface area contributed by atoms with Gasteiger partial charge in [-0.15, -0.1) is 0 Å². The van der Waals surface area contributed by atoms with Gasteiger partial charge >= 0.3 is 0 Å². The average Bonchev–Trinajstić information content (AvgIpc) is 3.51. The number of hydrogen-bond donors (Lipinski definition) is 2. The van der Waals surface area contributed by atoms with Crippen LogP contribution >= 0.6 is 0 Å². The number of rotatable bonds is 4. The molecule has 1 amide bonds. The van der Waals surface area contributed by atoms with E-state index in [-0.39, 0.29) is 11.5 Å². The van der Waals surface area contributed by atoms with E-state index in [1.165, 1.54) is 48.2 Å². The van der Waals surface area contributed by atoms with Crippen LogP contribution < -0.4 is 21.5 Å². The molecule has 6 heterocycles. The highest BCUT2D eigenvalue weighted by atomic mass is 16.1. The second-order valence-electron chi connectivity index (χ2n) is 10.2. The third-order valence-corrected chi connectivity index (χ3v) is 7.33. The molecule has 0 saturated carbocycles. The molecule has 1 saturated heterocycles. The Morgan fingerprint density at radius 2 is 1.70 bits per heavy atom. The van der Waals surface area contributed by atoms with Gasteiger partial charge < -0.3 is 20.5 Å². The number of nitrogens with two attached hydrogens (primary N) is 1. The number of likely N-dealkylation sites (N-methyl/N-ethyl adjacent to an activating group) is 1. The summed E-state index contributed by atoms with van der Waals surface area (Å²) >= 11 is 0. The van der Waals surface area contributed by atoms with Crippen molar-refractivity contribution in [1.29, 1.82) is 0 Å². The lowest BCUT2D eigenvalue weighted by Gasteiger charge is -2.28. The van der Waals surface area contributed by atoms with Crippen LogP contribution in [0.25, 0.3) is 0 Å². The molecular weight excluding hydrogens is 470 g/mol. The summed E-state index contributed by atoms with van der Waals surface area (Å²) in [6.07, 6.45) is 8.98. The zero-order chi connectivity index (χ0) is 25.9. The lowest BCUT2D eigenvalue weighted by molar-refractivity contribution is 0.1000. The number of hydrogen-bond acceptors (Lipinski definition) is 7. The number of amides is 1. The van der Waals surface area contributed by atoms with Crippen molar-refractivity contribution in [3.8, 4) is 0 Å². The Bertz CT molecular complexity index is 1290. The molecule has 3 aliphatic heterocycles. The Hall–Kier alpha value is -3.60. The quantitative estimate of drug-likeness (QED) is 0.555. The predicted molar refractivity (Wildman–Crippen MR) is 143 cm³/mol. The summed E-state index contributed by atoms with van der Waals surface area (Å²) in [6.45, 7) is 5.77. The Kier molecular flexibility index (Phi) is 7.31. The maximum absolute atomic E-state index is 12.5. The first-order valence-corrected chi connectivity index (χ1v) is 13.2. The van der Waals surface area contributed by atoms with Crippen LogP contribution in [-0.2, 0) is 33.1 Å². The van der Waals surface area contributed by atoms with Crippen molar-refractivity contribution in [3.05, 3.63) is 51.7 Å². The van der Waals surface area contributed by atoms with Crippen LogP contribution in [0.5, 0.6) is 0 Å². The van der Waals surface area contributed by atoms with Gasteiger partial charge in [0.1, 0.15) is 5.69 Å². The van der Waals surface area contributed by atoms with E-state index in [1.54, 1.807) is 7.05 Å². The normalized spacial score (nSPS) is 17.4. The lowest BCUT2D eigenvalue weighted by Crippen LogP contribution is -2.33. The summed E-state index contributed by atoms with van der Waals surface area (Å²) < 4.78 is 5.55. The Balaban J connectivity index is 0.000000195. The first kappa shape index (κ1) is 25.1. The first-order valence-electron chi connectivity index (χ1n) is 13.2. The molecule has 0 aromatic carbocycles. The van der Waals surface area contributed by atoms with Crippen molar-refractivity contribution in [3.63, 3.8) is 0 Å². The number of nitrogens with zero attached hydrogens (tertiary/aromatic N) is 7. The van der Waals surface area contributed by atoms with Gasteiger partial charge in [-0.25, -0.2) is 4.68 Å². The fraction of sp³-hybridized carbons (Fsp3) is 0.538. The SMILES string of the molecule is CN1CCn2nc(Nc3cc(N4CCCCC4)nn(C)c3=O)cc2C1.NC(=O)c1cc2n(c1)CCCC2. The van der Waals surface area contributed by atoms with E-state index < -0.39 is 0 Å². The third kappa shape index (κ3) is 5.71. The zero-order valence-electron chi connectivity index (χ0n) is 21.8. The van der Waals surface area contributed by atoms with Crippen molar-refractivity contribution in [1.82, 2.24) is 29.0 Å². The summed E-state index contributed by atoms with van der Waals surface area (Å²) in [5.41, 5.74) is 8.62. The number of carbonyl (C=O) groups excluding carboxylic acids is 1. The van der Waals surface area contributed by atoms with Gasteiger partial charge in [0.2, 0.25) is 5.91 Å². The molecule has 3 aromatic rings. The monoisotopic (exact) mass is 507 g/mol. The van der Waals surface area contributed by atoms with Gasteiger partial charge in [0.15, 0.2) is 11.6 Å². The van der Waals surface area contributed by atoms with Crippen LogP contribution in [0.1, 0.15) is 53.8 Å². The molecule has 11 heteroatoms. The van der Waals surface area contributed by atoms with Crippen LogP contribution in [-0.4, -0.2) is 61.6 Å². The average molecular weight is 508 g/mol. The van der Waals surface area contributed by atoms with Crippen LogP contribution in [0.15, 0.2) is 29.2 Å². The lowest BCUT2D eigenvalue weighted by atomic mass is 10.1. The highest BCUT2D eigenvalue weighted by Crippen LogP contribution is 2.22. The minimum absolute atomic E-state index is 0.135. The van der Waals surface area contributed by atoms with Crippen molar-refractivity contribution in [2.24, 2.45) is 12.8 Å². The number of aryl methyl sites for hydroxylation is 3. The minimum atomic E-state index is -0.322. The molecule has 0 radical (unpaired) electrons. The van der Waals surface area contributed by atoms with E-state index in [9.17, 15) is 9.59 Å². The summed E-state index contributed by atoms with van der Waals surface area (Å²) in [5, 5.41) is 12.2. The Morgan fingerprint density at radius 1 is 0.919 bits per heavy atom. The molecule has 3 N–H and O–H groups in total.